The smallest absolute Gasteiger partial charge is 0.128 e. The van der Waals surface area contributed by atoms with E-state index < -0.39 is 6.10 Å². The highest BCUT2D eigenvalue weighted by Crippen LogP contribution is 2.34. The molecule has 0 saturated heterocycles. The van der Waals surface area contributed by atoms with Gasteiger partial charge in [-0.05, 0) is 26.1 Å². The summed E-state index contributed by atoms with van der Waals surface area (Å²) in [5.41, 5.74) is 2.88. The molecule has 0 bridgehead atoms. The summed E-state index contributed by atoms with van der Waals surface area (Å²) in [5.74, 6) is 0.789. The molecule has 2 aromatic rings. The van der Waals surface area contributed by atoms with Gasteiger partial charge in [0.05, 0.1) is 13.2 Å². The molecule has 0 saturated carbocycles. The van der Waals surface area contributed by atoms with E-state index in [0.29, 0.717) is 6.54 Å². The minimum atomic E-state index is -0.537. The van der Waals surface area contributed by atoms with Crippen molar-refractivity contribution >= 4 is 10.9 Å². The Kier molecular flexibility index (Phi) is 3.36. The molecule has 0 aliphatic rings. The predicted molar refractivity (Wildman–Crippen MR) is 68.5 cm³/mol. The highest BCUT2D eigenvalue weighted by Gasteiger charge is 2.18. The maximum atomic E-state index is 10.2. The Hall–Kier alpha value is -1.52. The molecule has 0 aliphatic carbocycles. The lowest BCUT2D eigenvalue weighted by Crippen LogP contribution is -2.17. The third-order valence-electron chi connectivity index (χ3n) is 2.97. The van der Waals surface area contributed by atoms with Gasteiger partial charge >= 0.3 is 0 Å². The molecule has 1 atom stereocenters. The van der Waals surface area contributed by atoms with Crippen molar-refractivity contribution in [1.82, 2.24) is 10.3 Å². The van der Waals surface area contributed by atoms with Crippen LogP contribution in [0, 0.1) is 6.92 Å². The van der Waals surface area contributed by atoms with Crippen LogP contribution >= 0.6 is 0 Å². The maximum Gasteiger partial charge on any atom is 0.128 e. The molecular weight excluding hydrogens is 216 g/mol. The lowest BCUT2D eigenvalue weighted by molar-refractivity contribution is 0.178. The predicted octanol–water partition coefficient (Wildman–Crippen LogP) is 1.74. The first-order chi connectivity index (χ1) is 8.19. The third-order valence-corrected chi connectivity index (χ3v) is 2.97. The first-order valence-corrected chi connectivity index (χ1v) is 5.67. The van der Waals surface area contributed by atoms with Crippen LogP contribution < -0.4 is 10.1 Å². The van der Waals surface area contributed by atoms with Crippen molar-refractivity contribution in [2.24, 2.45) is 0 Å². The van der Waals surface area contributed by atoms with Gasteiger partial charge in [0.15, 0.2) is 0 Å². The summed E-state index contributed by atoms with van der Waals surface area (Å²) in [6.07, 6.45) is -0.537. The minimum absolute atomic E-state index is 0.520. The fourth-order valence-electron chi connectivity index (χ4n) is 2.25. The number of hydrogen-bond acceptors (Lipinski definition) is 3. The number of aromatic amines is 1. The lowest BCUT2D eigenvalue weighted by atomic mass is 10.0. The first kappa shape index (κ1) is 12.0. The number of hydrogen-bond donors (Lipinski definition) is 3. The van der Waals surface area contributed by atoms with E-state index in [1.807, 2.05) is 32.2 Å². The van der Waals surface area contributed by atoms with Crippen molar-refractivity contribution in [2.75, 3.05) is 20.7 Å². The Balaban J connectivity index is 2.64. The van der Waals surface area contributed by atoms with Gasteiger partial charge in [0.25, 0.3) is 0 Å². The third kappa shape index (κ3) is 2.01. The van der Waals surface area contributed by atoms with Crippen molar-refractivity contribution in [2.45, 2.75) is 13.0 Å². The number of aromatic nitrogens is 1. The Morgan fingerprint density at radius 2 is 2.24 bits per heavy atom. The molecule has 0 aliphatic heterocycles. The zero-order valence-corrected chi connectivity index (χ0v) is 10.4. The van der Waals surface area contributed by atoms with Crippen LogP contribution in [0.1, 0.15) is 17.4 Å². The molecule has 4 nitrogen and oxygen atoms in total. The number of rotatable bonds is 4. The maximum absolute atomic E-state index is 10.2. The van der Waals surface area contributed by atoms with Crippen molar-refractivity contribution < 1.29 is 9.84 Å². The summed E-state index contributed by atoms with van der Waals surface area (Å²) in [6.45, 7) is 2.49. The zero-order chi connectivity index (χ0) is 12.4. The van der Waals surface area contributed by atoms with Crippen molar-refractivity contribution in [3.63, 3.8) is 0 Å². The largest absolute Gasteiger partial charge is 0.496 e. The van der Waals surface area contributed by atoms with Gasteiger partial charge in [0.2, 0.25) is 0 Å². The van der Waals surface area contributed by atoms with Gasteiger partial charge in [0.1, 0.15) is 5.75 Å². The SMILES string of the molecule is CNCC(O)c1c(C)[nH]c2cccc(OC)c12. The van der Waals surface area contributed by atoms with Gasteiger partial charge in [-0.3, -0.25) is 0 Å². The van der Waals surface area contributed by atoms with E-state index in [4.69, 9.17) is 4.74 Å². The van der Waals surface area contributed by atoms with E-state index in [1.54, 1.807) is 7.11 Å². The Morgan fingerprint density at radius 1 is 1.47 bits per heavy atom. The number of H-pyrrole nitrogens is 1. The van der Waals surface area contributed by atoms with Gasteiger partial charge < -0.3 is 20.1 Å². The number of ether oxygens (including phenoxy) is 1. The Labute approximate surface area is 101 Å². The summed E-state index contributed by atoms with van der Waals surface area (Å²) >= 11 is 0. The number of fused-ring (bicyclic) bond motifs is 1. The molecule has 3 N–H and O–H groups in total. The van der Waals surface area contributed by atoms with Crippen molar-refractivity contribution in [3.05, 3.63) is 29.5 Å². The van der Waals surface area contributed by atoms with Gasteiger partial charge in [-0.25, -0.2) is 0 Å². The van der Waals surface area contributed by atoms with Crippen molar-refractivity contribution in [3.8, 4) is 5.75 Å². The lowest BCUT2D eigenvalue weighted by Gasteiger charge is -2.12. The van der Waals surface area contributed by atoms with Crippen LogP contribution in [0.3, 0.4) is 0 Å². The van der Waals surface area contributed by atoms with E-state index in [2.05, 4.69) is 10.3 Å². The van der Waals surface area contributed by atoms with Gasteiger partial charge in [0, 0.05) is 28.7 Å². The van der Waals surface area contributed by atoms with E-state index in [0.717, 1.165) is 27.9 Å². The van der Waals surface area contributed by atoms with Crippen LogP contribution in [0.2, 0.25) is 0 Å². The molecule has 2 rings (SSSR count). The fraction of sp³-hybridized carbons (Fsp3) is 0.385. The van der Waals surface area contributed by atoms with Gasteiger partial charge in [-0.1, -0.05) is 6.07 Å². The highest BCUT2D eigenvalue weighted by molar-refractivity contribution is 5.90. The first-order valence-electron chi connectivity index (χ1n) is 5.67. The van der Waals surface area contributed by atoms with E-state index in [1.165, 1.54) is 0 Å². The van der Waals surface area contributed by atoms with Crippen LogP contribution in [0.15, 0.2) is 18.2 Å². The molecule has 0 amide bonds. The average molecular weight is 234 g/mol. The zero-order valence-electron chi connectivity index (χ0n) is 10.4. The van der Waals surface area contributed by atoms with E-state index >= 15 is 0 Å². The number of benzene rings is 1. The van der Waals surface area contributed by atoms with Crippen LogP contribution in [-0.2, 0) is 0 Å². The topological polar surface area (TPSA) is 57.3 Å². The number of methoxy groups -OCH3 is 1. The second-order valence-corrected chi connectivity index (χ2v) is 4.12. The van der Waals surface area contributed by atoms with E-state index in [-0.39, 0.29) is 0 Å². The average Bonchev–Trinajstić information content (AvgIpc) is 2.65. The van der Waals surface area contributed by atoms with Crippen LogP contribution in [0.5, 0.6) is 5.75 Å². The molecule has 4 heteroatoms. The molecule has 0 spiro atoms. The molecular formula is C13H18N2O2. The molecule has 1 heterocycles. The normalized spacial score (nSPS) is 12.9. The molecule has 1 aromatic carbocycles. The molecule has 1 unspecified atom stereocenters. The summed E-state index contributed by atoms with van der Waals surface area (Å²) in [4.78, 5) is 3.27. The second kappa shape index (κ2) is 4.77. The van der Waals surface area contributed by atoms with Gasteiger partial charge in [-0.15, -0.1) is 0 Å². The highest BCUT2D eigenvalue weighted by atomic mass is 16.5. The molecule has 0 fully saturated rings. The standard InChI is InChI=1S/C13H18N2O2/c1-8-12(10(16)7-14-2)13-9(15-8)5-4-6-11(13)17-3/h4-6,10,14-16H,7H2,1-3H3. The number of nitrogens with one attached hydrogen (secondary N) is 2. The van der Waals surface area contributed by atoms with Crippen LogP contribution in [0.25, 0.3) is 10.9 Å². The quantitative estimate of drug-likeness (QED) is 0.755. The number of aliphatic hydroxyl groups excluding tert-OH is 1. The number of likely N-dealkylation sites (N-methyl/N-ethyl adjacent to an activating group) is 1. The number of aliphatic hydroxyl groups is 1. The van der Waals surface area contributed by atoms with Crippen LogP contribution in [-0.4, -0.2) is 30.8 Å². The number of aryl methyl sites for hydroxylation is 1. The van der Waals surface area contributed by atoms with Crippen molar-refractivity contribution in [1.29, 1.82) is 0 Å². The molecule has 17 heavy (non-hydrogen) atoms. The Bertz CT molecular complexity index is 519. The molecule has 92 valence electrons. The molecule has 1 aromatic heterocycles. The summed E-state index contributed by atoms with van der Waals surface area (Å²) in [6, 6.07) is 5.83. The minimum Gasteiger partial charge on any atom is -0.496 e. The summed E-state index contributed by atoms with van der Waals surface area (Å²) in [7, 11) is 3.47. The van der Waals surface area contributed by atoms with Crippen LogP contribution in [0.4, 0.5) is 0 Å². The van der Waals surface area contributed by atoms with E-state index in [9.17, 15) is 5.11 Å². The summed E-state index contributed by atoms with van der Waals surface area (Å²) < 4.78 is 5.36. The fourth-order valence-corrected chi connectivity index (χ4v) is 2.25. The second-order valence-electron chi connectivity index (χ2n) is 4.12. The Morgan fingerprint density at radius 3 is 2.88 bits per heavy atom. The van der Waals surface area contributed by atoms with Gasteiger partial charge in [-0.2, -0.15) is 0 Å². The monoisotopic (exact) mass is 234 g/mol. The summed E-state index contributed by atoms with van der Waals surface area (Å²) in [5, 5.41) is 14.1. The molecule has 0 radical (unpaired) electrons.